The molecule has 2 aliphatic rings. The zero-order valence-electron chi connectivity index (χ0n) is 18.1. The highest BCUT2D eigenvalue weighted by Crippen LogP contribution is 2.40. The second-order valence-corrected chi connectivity index (χ2v) is 10.1. The van der Waals surface area contributed by atoms with Crippen molar-refractivity contribution in [3.63, 3.8) is 0 Å². The monoisotopic (exact) mass is 464 g/mol. The van der Waals surface area contributed by atoms with Gasteiger partial charge in [-0.1, -0.05) is 11.8 Å². The van der Waals surface area contributed by atoms with Crippen LogP contribution in [0.25, 0.3) is 0 Å². The maximum absolute atomic E-state index is 12.7. The minimum absolute atomic E-state index is 0.184. The number of hydrogen-bond acceptors (Lipinski definition) is 8. The Morgan fingerprint density at radius 3 is 2.77 bits per heavy atom. The lowest BCUT2D eigenvalue weighted by Gasteiger charge is -2.14. The SMILES string of the molecule is CCOC(=O)c1c(NC(=O)CSc2nnc(C3CC3)n2CC2CCCO2)sc(C)c1C. The Morgan fingerprint density at radius 2 is 2.10 bits per heavy atom. The van der Waals surface area contributed by atoms with E-state index in [4.69, 9.17) is 9.47 Å². The first-order chi connectivity index (χ1) is 15.0. The Labute approximate surface area is 190 Å². The third-order valence-corrected chi connectivity index (χ3v) is 7.64. The van der Waals surface area contributed by atoms with Gasteiger partial charge in [0, 0.05) is 17.4 Å². The minimum Gasteiger partial charge on any atom is -0.462 e. The molecule has 1 atom stereocenters. The van der Waals surface area contributed by atoms with Crippen LogP contribution in [0, 0.1) is 13.8 Å². The van der Waals surface area contributed by atoms with Crippen molar-refractivity contribution >= 4 is 40.0 Å². The summed E-state index contributed by atoms with van der Waals surface area (Å²) in [6.07, 6.45) is 4.59. The fourth-order valence-corrected chi connectivity index (χ4v) is 5.49. The molecule has 1 aliphatic carbocycles. The van der Waals surface area contributed by atoms with Crippen molar-refractivity contribution in [1.29, 1.82) is 0 Å². The van der Waals surface area contributed by atoms with E-state index < -0.39 is 5.97 Å². The Balaban J connectivity index is 1.43. The summed E-state index contributed by atoms with van der Waals surface area (Å²) >= 11 is 2.76. The van der Waals surface area contributed by atoms with Gasteiger partial charge in [0.15, 0.2) is 5.16 Å². The summed E-state index contributed by atoms with van der Waals surface area (Å²) in [5.74, 6) is 1.08. The number of anilines is 1. The average molecular weight is 465 g/mol. The second kappa shape index (κ2) is 9.70. The highest BCUT2D eigenvalue weighted by molar-refractivity contribution is 7.99. The first kappa shape index (κ1) is 22.3. The van der Waals surface area contributed by atoms with Gasteiger partial charge in [0.1, 0.15) is 10.8 Å². The van der Waals surface area contributed by atoms with Crippen molar-refractivity contribution in [3.05, 3.63) is 21.8 Å². The van der Waals surface area contributed by atoms with E-state index in [2.05, 4.69) is 20.1 Å². The van der Waals surface area contributed by atoms with E-state index in [1.165, 1.54) is 23.1 Å². The van der Waals surface area contributed by atoms with Gasteiger partial charge < -0.3 is 19.4 Å². The summed E-state index contributed by atoms with van der Waals surface area (Å²) in [4.78, 5) is 26.0. The highest BCUT2D eigenvalue weighted by atomic mass is 32.2. The van der Waals surface area contributed by atoms with Crippen molar-refractivity contribution in [2.75, 3.05) is 24.3 Å². The summed E-state index contributed by atoms with van der Waals surface area (Å²) in [7, 11) is 0. The third kappa shape index (κ3) is 5.12. The molecule has 2 aromatic rings. The van der Waals surface area contributed by atoms with Gasteiger partial charge >= 0.3 is 5.97 Å². The molecular formula is C21H28N4O4S2. The number of thioether (sulfide) groups is 1. The number of carbonyl (C=O) groups excluding carboxylic acids is 2. The molecule has 1 saturated carbocycles. The molecule has 1 saturated heterocycles. The number of aryl methyl sites for hydroxylation is 1. The first-order valence-electron chi connectivity index (χ1n) is 10.7. The molecule has 0 spiro atoms. The van der Waals surface area contributed by atoms with E-state index >= 15 is 0 Å². The van der Waals surface area contributed by atoms with E-state index in [0.717, 1.165) is 60.3 Å². The van der Waals surface area contributed by atoms with Gasteiger partial charge in [-0.2, -0.15) is 0 Å². The van der Waals surface area contributed by atoms with Crippen LogP contribution in [0.15, 0.2) is 5.16 Å². The number of ether oxygens (including phenoxy) is 2. The Kier molecular flexibility index (Phi) is 6.98. The normalized spacial score (nSPS) is 18.4. The van der Waals surface area contributed by atoms with Crippen molar-refractivity contribution in [1.82, 2.24) is 14.8 Å². The van der Waals surface area contributed by atoms with Crippen LogP contribution in [0.5, 0.6) is 0 Å². The predicted molar refractivity (Wildman–Crippen MR) is 120 cm³/mol. The molecule has 168 valence electrons. The molecule has 2 fully saturated rings. The molecule has 8 nitrogen and oxygen atoms in total. The molecule has 4 rings (SSSR count). The Morgan fingerprint density at radius 1 is 1.29 bits per heavy atom. The van der Waals surface area contributed by atoms with Gasteiger partial charge in [-0.25, -0.2) is 4.79 Å². The summed E-state index contributed by atoms with van der Waals surface area (Å²) in [6.45, 7) is 7.40. The summed E-state index contributed by atoms with van der Waals surface area (Å²) in [5.41, 5.74) is 1.29. The Hall–Kier alpha value is -1.91. The maximum atomic E-state index is 12.7. The van der Waals surface area contributed by atoms with Crippen molar-refractivity contribution in [3.8, 4) is 0 Å². The first-order valence-corrected chi connectivity index (χ1v) is 12.5. The van der Waals surface area contributed by atoms with Crippen molar-refractivity contribution < 1.29 is 19.1 Å². The second-order valence-electron chi connectivity index (χ2n) is 7.91. The summed E-state index contributed by atoms with van der Waals surface area (Å²) in [5, 5.41) is 12.9. The number of esters is 1. The number of thiophene rings is 1. The summed E-state index contributed by atoms with van der Waals surface area (Å²) < 4.78 is 13.1. The molecular weight excluding hydrogens is 436 g/mol. The van der Waals surface area contributed by atoms with E-state index in [1.54, 1.807) is 6.92 Å². The molecule has 1 aliphatic heterocycles. The van der Waals surface area contributed by atoms with Gasteiger partial charge in [0.2, 0.25) is 5.91 Å². The molecule has 10 heteroatoms. The van der Waals surface area contributed by atoms with E-state index in [1.807, 2.05) is 13.8 Å². The Bertz CT molecular complexity index is 961. The molecule has 1 N–H and O–H groups in total. The third-order valence-electron chi connectivity index (χ3n) is 5.55. The molecule has 0 bridgehead atoms. The number of amides is 1. The highest BCUT2D eigenvalue weighted by Gasteiger charge is 2.32. The van der Waals surface area contributed by atoms with Crippen LogP contribution >= 0.6 is 23.1 Å². The quantitative estimate of drug-likeness (QED) is 0.444. The van der Waals surface area contributed by atoms with Gasteiger partial charge in [0.25, 0.3) is 0 Å². The van der Waals surface area contributed by atoms with Gasteiger partial charge in [-0.05, 0) is 52.0 Å². The standard InChI is InChI=1S/C21H28N4O4S2/c1-4-28-20(27)17-12(2)13(3)31-19(17)22-16(26)11-30-21-24-23-18(14-7-8-14)25(21)10-15-6-5-9-29-15/h14-15H,4-11H2,1-3H3,(H,22,26). The largest absolute Gasteiger partial charge is 0.462 e. The van der Waals surface area contributed by atoms with Crippen LogP contribution in [-0.4, -0.2) is 51.7 Å². The lowest BCUT2D eigenvalue weighted by atomic mass is 10.1. The lowest BCUT2D eigenvalue weighted by molar-refractivity contribution is -0.113. The number of hydrogen-bond donors (Lipinski definition) is 1. The maximum Gasteiger partial charge on any atom is 0.341 e. The molecule has 2 aromatic heterocycles. The number of carbonyl (C=O) groups is 2. The molecule has 31 heavy (non-hydrogen) atoms. The van der Waals surface area contributed by atoms with Crippen molar-refractivity contribution in [2.45, 2.75) is 70.2 Å². The van der Waals surface area contributed by atoms with Gasteiger partial charge in [-0.3, -0.25) is 4.79 Å². The number of nitrogens with one attached hydrogen (secondary N) is 1. The van der Waals surface area contributed by atoms with Crippen LogP contribution in [0.1, 0.15) is 65.1 Å². The fourth-order valence-electron chi connectivity index (χ4n) is 3.67. The average Bonchev–Trinajstić information content (AvgIpc) is 3.17. The van der Waals surface area contributed by atoms with E-state index in [9.17, 15) is 9.59 Å². The van der Waals surface area contributed by atoms with Crippen LogP contribution in [0.2, 0.25) is 0 Å². The zero-order valence-corrected chi connectivity index (χ0v) is 19.7. The van der Waals surface area contributed by atoms with Gasteiger partial charge in [-0.15, -0.1) is 21.5 Å². The number of nitrogens with zero attached hydrogens (tertiary/aromatic N) is 3. The molecule has 0 aromatic carbocycles. The predicted octanol–water partition coefficient (Wildman–Crippen LogP) is 3.92. The number of rotatable bonds is 9. The van der Waals surface area contributed by atoms with E-state index in [0.29, 0.717) is 23.1 Å². The van der Waals surface area contributed by atoms with Crippen LogP contribution < -0.4 is 5.32 Å². The van der Waals surface area contributed by atoms with E-state index in [-0.39, 0.29) is 17.8 Å². The molecule has 3 heterocycles. The lowest BCUT2D eigenvalue weighted by Crippen LogP contribution is -2.19. The van der Waals surface area contributed by atoms with Crippen LogP contribution in [-0.2, 0) is 20.8 Å². The fraction of sp³-hybridized carbons (Fsp3) is 0.619. The zero-order chi connectivity index (χ0) is 22.0. The summed E-state index contributed by atoms with van der Waals surface area (Å²) in [6, 6.07) is 0. The minimum atomic E-state index is -0.405. The smallest absolute Gasteiger partial charge is 0.341 e. The van der Waals surface area contributed by atoms with Gasteiger partial charge in [0.05, 0.1) is 30.6 Å². The van der Waals surface area contributed by atoms with Crippen LogP contribution in [0.4, 0.5) is 5.00 Å². The van der Waals surface area contributed by atoms with Crippen LogP contribution in [0.3, 0.4) is 0 Å². The molecule has 0 radical (unpaired) electrons. The topological polar surface area (TPSA) is 95.3 Å². The van der Waals surface area contributed by atoms with Crippen molar-refractivity contribution in [2.24, 2.45) is 0 Å². The molecule has 1 amide bonds. The number of aromatic nitrogens is 3. The molecule has 1 unspecified atom stereocenters.